The third kappa shape index (κ3) is 16.6. The predicted molar refractivity (Wildman–Crippen MR) is 276 cm³/mol. The normalized spacial score (nSPS) is 19.7. The molecule has 24 nitrogen and oxygen atoms in total. The molecule has 2 aromatic carbocycles. The average Bonchev–Trinajstić information content (AvgIpc) is 3.96. The van der Waals surface area contributed by atoms with Crippen LogP contribution in [0.3, 0.4) is 0 Å². The number of aromatic nitrogens is 3. The van der Waals surface area contributed by atoms with Crippen LogP contribution >= 0.6 is 8.60 Å². The van der Waals surface area contributed by atoms with Crippen LogP contribution in [0, 0.1) is 0 Å². The third-order valence-electron chi connectivity index (χ3n) is 12.7. The fraction of sp³-hybridized carbons (Fsp3) is 0.520. The molecule has 4 aromatic rings. The Morgan fingerprint density at radius 1 is 0.840 bits per heavy atom. The van der Waals surface area contributed by atoms with Crippen molar-refractivity contribution in [1.29, 1.82) is 0 Å². The van der Waals surface area contributed by atoms with E-state index in [1.807, 2.05) is 12.3 Å². The molecule has 3 aliphatic heterocycles. The smallest absolute Gasteiger partial charge is 0.330 e. The van der Waals surface area contributed by atoms with Gasteiger partial charge in [0.05, 0.1) is 64.4 Å². The zero-order valence-corrected chi connectivity index (χ0v) is 43.2. The number of ether oxygens (including phenoxy) is 4. The van der Waals surface area contributed by atoms with Gasteiger partial charge in [0.1, 0.15) is 35.3 Å². The van der Waals surface area contributed by atoms with Crippen LogP contribution in [0.25, 0.3) is 11.0 Å². The summed E-state index contributed by atoms with van der Waals surface area (Å²) in [5.41, 5.74) is 10.6. The van der Waals surface area contributed by atoms with Gasteiger partial charge in [-0.3, -0.25) is 33.9 Å². The summed E-state index contributed by atoms with van der Waals surface area (Å²) in [7, 11) is -0.584. The highest BCUT2D eigenvalue weighted by atomic mass is 31.2. The minimum atomic E-state index is -2.27. The molecular weight excluding hydrogens is 996 g/mol. The number of carbonyl (C=O) groups is 4. The maximum Gasteiger partial charge on any atom is 0.330 e. The number of hydrogen-bond donors (Lipinski definition) is 8. The second-order valence-corrected chi connectivity index (χ2v) is 19.2. The molecule has 0 saturated carbocycles. The lowest BCUT2D eigenvalue weighted by molar-refractivity contribution is -0.241. The molecule has 0 aliphatic carbocycles. The number of nitrogens with one attached hydrogen (secondary N) is 3. The first kappa shape index (κ1) is 56.8. The molecule has 9 N–H and O–H groups in total. The largest absolute Gasteiger partial charge is 0.496 e. The molecule has 0 radical (unpaired) electrons. The second-order valence-electron chi connectivity index (χ2n) is 18.2. The van der Waals surface area contributed by atoms with Crippen molar-refractivity contribution in [2.24, 2.45) is 0 Å². The monoisotopic (exact) mass is 1060 g/mol. The first-order valence-corrected chi connectivity index (χ1v) is 26.3. The zero-order valence-electron chi connectivity index (χ0n) is 42.3. The number of benzene rings is 2. The number of nitrogens with two attached hydrogens (primary N) is 1. The van der Waals surface area contributed by atoms with Gasteiger partial charge in [-0.15, -0.1) is 0 Å². The fourth-order valence-corrected chi connectivity index (χ4v) is 9.15. The van der Waals surface area contributed by atoms with E-state index < -0.39 is 50.9 Å². The molecule has 0 spiro atoms. The van der Waals surface area contributed by atoms with Crippen molar-refractivity contribution in [3.05, 3.63) is 77.5 Å². The van der Waals surface area contributed by atoms with E-state index in [1.54, 1.807) is 13.2 Å². The number of aliphatic hydroxyl groups excluding tert-OH is 3. The van der Waals surface area contributed by atoms with Crippen molar-refractivity contribution in [1.82, 2.24) is 34.6 Å². The highest BCUT2D eigenvalue weighted by Gasteiger charge is 2.39. The van der Waals surface area contributed by atoms with Gasteiger partial charge in [0, 0.05) is 89.1 Å². The van der Waals surface area contributed by atoms with Gasteiger partial charge < -0.3 is 74.5 Å². The molecule has 0 bridgehead atoms. The van der Waals surface area contributed by atoms with E-state index in [0.29, 0.717) is 18.7 Å². The molecule has 75 heavy (non-hydrogen) atoms. The van der Waals surface area contributed by atoms with E-state index in [2.05, 4.69) is 65.4 Å². The molecule has 4 amide bonds. The number of fused-ring (bicyclic) bond motifs is 1. The van der Waals surface area contributed by atoms with Gasteiger partial charge in [-0.1, -0.05) is 38.0 Å². The molecule has 408 valence electrons. The molecule has 2 aromatic heterocycles. The molecule has 3 aliphatic rings. The Hall–Kier alpha value is -5.89. The lowest BCUT2D eigenvalue weighted by Gasteiger charge is -2.35. The number of nitrogen functional groups attached to an aromatic ring is 1. The van der Waals surface area contributed by atoms with Crippen molar-refractivity contribution < 1.29 is 67.4 Å². The molecule has 1 unspecified atom stereocenters. The van der Waals surface area contributed by atoms with Gasteiger partial charge in [-0.25, -0.2) is 4.98 Å². The maximum absolute atomic E-state index is 13.1. The molecule has 25 heteroatoms. The van der Waals surface area contributed by atoms with E-state index >= 15 is 0 Å². The molecule has 2 fully saturated rings. The van der Waals surface area contributed by atoms with E-state index in [4.69, 9.17) is 33.7 Å². The standard InChI is InChI=1S/C50H69N10O14P/c1-3-4-5-15-53-48-45-36(55-50(51)56-48)13-17-59(45)30-35-8-6-33(28-40(35)69-2)29-58-20-18-57(19-21-58)22-26-72-75(68)73-31-34-7-9-39(74-49-47(67)46(66)38(61)32-71-49)37(27-34)54-42(63)12-16-52-41(62)14-24-70-25-23-60-43(64)10-11-44(60)65/h6-11,13,17,27-28,38,46-47,49,61,66-68H,3-5,12,14-16,18-26,29-32H2,1-2H3,(H,52,62)(H,54,63)(H3,51,53,55,56)/t38-,46+,47-,49+,75?/m1/s1. The SMILES string of the molecule is CCCCCNc1nc(N)nc2ccn(Cc3ccc(CN4CCN(CCOP(O)OCc5ccc(O[C@@H]6OC[C@@H](O)[C@H](O)[C@H]6O)c(NC(=O)CCNC(=O)CCOCCN6C(=O)C=CC6=O)c5)CC4)cc3OC)c12. The number of carbonyl (C=O) groups excluding carboxylic acids is 4. The van der Waals surface area contributed by atoms with Gasteiger partial charge >= 0.3 is 8.60 Å². The van der Waals surface area contributed by atoms with E-state index in [-0.39, 0.29) is 82.3 Å². The Balaban J connectivity index is 0.831. The lowest BCUT2D eigenvalue weighted by Crippen LogP contribution is -2.54. The summed E-state index contributed by atoms with van der Waals surface area (Å²) in [6, 6.07) is 12.9. The van der Waals surface area contributed by atoms with Gasteiger partial charge in [0.15, 0.2) is 5.82 Å². The van der Waals surface area contributed by atoms with E-state index in [0.717, 1.165) is 97.2 Å². The third-order valence-corrected chi connectivity index (χ3v) is 13.5. The van der Waals surface area contributed by atoms with Crippen molar-refractivity contribution in [3.63, 3.8) is 0 Å². The van der Waals surface area contributed by atoms with Gasteiger partial charge in [-0.2, -0.15) is 4.98 Å². The number of methoxy groups -OCH3 is 1. The number of imide groups is 1. The predicted octanol–water partition coefficient (Wildman–Crippen LogP) is 1.84. The van der Waals surface area contributed by atoms with Crippen molar-refractivity contribution in [2.75, 3.05) is 102 Å². The van der Waals surface area contributed by atoms with Crippen molar-refractivity contribution in [3.8, 4) is 11.5 Å². The fourth-order valence-electron chi connectivity index (χ4n) is 8.57. The van der Waals surface area contributed by atoms with Crippen LogP contribution in [0.2, 0.25) is 0 Å². The quantitative estimate of drug-likeness (QED) is 0.0219. The van der Waals surface area contributed by atoms with Crippen LogP contribution in [0.4, 0.5) is 17.5 Å². The van der Waals surface area contributed by atoms with Crippen molar-refractivity contribution in [2.45, 2.75) is 83.3 Å². The molecule has 7 rings (SSSR count). The van der Waals surface area contributed by atoms with Gasteiger partial charge in [0.25, 0.3) is 11.8 Å². The number of aliphatic hydroxyl groups is 3. The minimum Gasteiger partial charge on any atom is -0.496 e. The zero-order chi connectivity index (χ0) is 53.3. The number of rotatable bonds is 29. The Labute approximate surface area is 436 Å². The number of piperazine rings is 1. The Morgan fingerprint density at radius 2 is 1.61 bits per heavy atom. The maximum atomic E-state index is 13.1. The van der Waals surface area contributed by atoms with Gasteiger partial charge in [-0.05, 0) is 41.8 Å². The summed E-state index contributed by atoms with van der Waals surface area (Å²) in [5, 5.41) is 39.4. The summed E-state index contributed by atoms with van der Waals surface area (Å²) >= 11 is 0. The van der Waals surface area contributed by atoms with Crippen molar-refractivity contribution >= 4 is 60.7 Å². The van der Waals surface area contributed by atoms with E-state index in [1.165, 1.54) is 24.3 Å². The Kier molecular flexibility index (Phi) is 21.4. The summed E-state index contributed by atoms with van der Waals surface area (Å²) in [4.78, 5) is 74.1. The topological polar surface area (TPSA) is 307 Å². The van der Waals surface area contributed by atoms with Crippen LogP contribution in [-0.4, -0.2) is 184 Å². The summed E-state index contributed by atoms with van der Waals surface area (Å²) in [6.07, 6.45) is 1.65. The Morgan fingerprint density at radius 3 is 2.39 bits per heavy atom. The highest BCUT2D eigenvalue weighted by Crippen LogP contribution is 2.36. The van der Waals surface area contributed by atoms with Gasteiger partial charge in [0.2, 0.25) is 24.1 Å². The van der Waals surface area contributed by atoms with Crippen LogP contribution in [0.15, 0.2) is 60.8 Å². The van der Waals surface area contributed by atoms with Crippen LogP contribution < -0.4 is 31.2 Å². The van der Waals surface area contributed by atoms with Crippen LogP contribution in [0.1, 0.15) is 55.7 Å². The first-order valence-electron chi connectivity index (χ1n) is 25.1. The number of anilines is 3. The molecule has 5 heterocycles. The van der Waals surface area contributed by atoms with Crippen LogP contribution in [0.5, 0.6) is 11.5 Å². The van der Waals surface area contributed by atoms with Crippen LogP contribution in [-0.2, 0) is 57.4 Å². The first-order chi connectivity index (χ1) is 36.3. The summed E-state index contributed by atoms with van der Waals surface area (Å²) < 4.78 is 35.9. The number of unbranched alkanes of at least 4 members (excludes halogenated alkanes) is 2. The van der Waals surface area contributed by atoms with E-state index in [9.17, 15) is 39.4 Å². The number of hydrogen-bond acceptors (Lipinski definition) is 20. The lowest BCUT2D eigenvalue weighted by atomic mass is 10.1. The second kappa shape index (κ2) is 28.3. The average molecular weight is 1070 g/mol. The highest BCUT2D eigenvalue weighted by molar-refractivity contribution is 7.40. The summed E-state index contributed by atoms with van der Waals surface area (Å²) in [5.74, 6) is 0.0972. The molecule has 2 saturated heterocycles. The number of amides is 4. The number of nitrogens with zero attached hydrogens (tertiary/aromatic N) is 6. The minimum absolute atomic E-state index is 0.0174. The Bertz CT molecular complexity index is 2560. The summed E-state index contributed by atoms with van der Waals surface area (Å²) in [6.45, 7) is 8.16. The molecular formula is C50H69N10O14P. The molecule has 5 atom stereocenters.